The first kappa shape index (κ1) is 20.0. The van der Waals surface area contributed by atoms with Crippen LogP contribution in [0.25, 0.3) is 11.6 Å². The molecule has 8 heteroatoms. The number of amides is 1. The minimum absolute atomic E-state index is 0.0509. The van der Waals surface area contributed by atoms with Gasteiger partial charge in [-0.3, -0.25) is 19.5 Å². The number of rotatable bonds is 4. The van der Waals surface area contributed by atoms with Crippen LogP contribution in [0.4, 0.5) is 5.69 Å². The van der Waals surface area contributed by atoms with Gasteiger partial charge in [0.25, 0.3) is 5.56 Å². The van der Waals surface area contributed by atoms with Gasteiger partial charge in [0.05, 0.1) is 17.5 Å². The topological polar surface area (TPSA) is 104 Å². The molecular weight excluding hydrogens is 382 g/mol. The molecule has 1 amide bonds. The number of aromatic amines is 1. The average molecular weight is 407 g/mol. The second-order valence-electron chi connectivity index (χ2n) is 8.51. The van der Waals surface area contributed by atoms with Gasteiger partial charge in [-0.2, -0.15) is 0 Å². The van der Waals surface area contributed by atoms with Crippen molar-refractivity contribution in [3.8, 4) is 11.6 Å². The molecule has 3 aromatic heterocycles. The van der Waals surface area contributed by atoms with Crippen LogP contribution >= 0.6 is 0 Å². The molecule has 0 saturated carbocycles. The molecule has 0 saturated heterocycles. The van der Waals surface area contributed by atoms with Gasteiger partial charge in [-0.15, -0.1) is 0 Å². The summed E-state index contributed by atoms with van der Waals surface area (Å²) in [6.45, 7) is 7.44. The number of hydrogen-bond acceptors (Lipinski definition) is 6. The highest BCUT2D eigenvalue weighted by atomic mass is 16.3. The van der Waals surface area contributed by atoms with Gasteiger partial charge in [-0.1, -0.05) is 20.8 Å². The van der Waals surface area contributed by atoms with Crippen molar-refractivity contribution < 1.29 is 9.21 Å². The zero-order valence-electron chi connectivity index (χ0n) is 17.4. The van der Waals surface area contributed by atoms with E-state index in [9.17, 15) is 9.59 Å². The molecule has 0 aromatic carbocycles. The predicted octanol–water partition coefficient (Wildman–Crippen LogP) is 2.97. The van der Waals surface area contributed by atoms with E-state index in [-0.39, 0.29) is 11.5 Å². The van der Waals surface area contributed by atoms with E-state index < -0.39 is 5.41 Å². The summed E-state index contributed by atoms with van der Waals surface area (Å²) in [5, 5.41) is 3.00. The SMILES string of the molecule is CC(C)(C)C(=O)Nc1ccncc1CN1CCc2nc(-c3ccco3)[nH]c(=O)c2C1. The van der Waals surface area contributed by atoms with Crippen LogP contribution in [0.15, 0.2) is 46.1 Å². The number of fused-ring (bicyclic) bond motifs is 1. The summed E-state index contributed by atoms with van der Waals surface area (Å²) < 4.78 is 5.35. The average Bonchev–Trinajstić information content (AvgIpc) is 3.24. The number of anilines is 1. The van der Waals surface area contributed by atoms with Crippen LogP contribution in [0.3, 0.4) is 0 Å². The van der Waals surface area contributed by atoms with Crippen molar-refractivity contribution in [3.63, 3.8) is 0 Å². The Labute approximate surface area is 174 Å². The number of carbonyl (C=O) groups excluding carboxylic acids is 1. The van der Waals surface area contributed by atoms with E-state index in [1.165, 1.54) is 0 Å². The van der Waals surface area contributed by atoms with Crippen LogP contribution in [0.2, 0.25) is 0 Å². The number of H-pyrrole nitrogens is 1. The first-order valence-electron chi connectivity index (χ1n) is 9.94. The molecule has 1 aliphatic heterocycles. The second kappa shape index (κ2) is 7.87. The Kier molecular flexibility index (Phi) is 5.26. The lowest BCUT2D eigenvalue weighted by atomic mass is 9.95. The third-order valence-electron chi connectivity index (χ3n) is 5.13. The van der Waals surface area contributed by atoms with Gasteiger partial charge in [-0.05, 0) is 18.2 Å². The molecule has 0 aliphatic carbocycles. The Morgan fingerprint density at radius 1 is 1.33 bits per heavy atom. The molecule has 2 N–H and O–H groups in total. The van der Waals surface area contributed by atoms with E-state index in [1.54, 1.807) is 36.9 Å². The van der Waals surface area contributed by atoms with Crippen LogP contribution in [-0.2, 0) is 24.3 Å². The Bertz CT molecular complexity index is 1110. The Morgan fingerprint density at radius 2 is 2.17 bits per heavy atom. The molecule has 0 bridgehead atoms. The fourth-order valence-corrected chi connectivity index (χ4v) is 3.37. The zero-order valence-corrected chi connectivity index (χ0v) is 17.4. The van der Waals surface area contributed by atoms with Crippen molar-refractivity contribution >= 4 is 11.6 Å². The maximum Gasteiger partial charge on any atom is 0.256 e. The first-order valence-corrected chi connectivity index (χ1v) is 9.94. The number of hydrogen-bond donors (Lipinski definition) is 2. The zero-order chi connectivity index (χ0) is 21.3. The smallest absolute Gasteiger partial charge is 0.256 e. The minimum Gasteiger partial charge on any atom is -0.461 e. The van der Waals surface area contributed by atoms with E-state index in [0.29, 0.717) is 36.7 Å². The fourth-order valence-electron chi connectivity index (χ4n) is 3.37. The molecule has 0 fully saturated rings. The highest BCUT2D eigenvalue weighted by Crippen LogP contribution is 2.24. The lowest BCUT2D eigenvalue weighted by molar-refractivity contribution is -0.123. The minimum atomic E-state index is -0.491. The normalized spacial score (nSPS) is 14.4. The lowest BCUT2D eigenvalue weighted by Gasteiger charge is -2.28. The van der Waals surface area contributed by atoms with Gasteiger partial charge in [0.1, 0.15) is 0 Å². The highest BCUT2D eigenvalue weighted by molar-refractivity contribution is 5.95. The molecule has 30 heavy (non-hydrogen) atoms. The van der Waals surface area contributed by atoms with E-state index in [1.807, 2.05) is 20.8 Å². The lowest BCUT2D eigenvalue weighted by Crippen LogP contribution is -2.36. The van der Waals surface area contributed by atoms with Crippen LogP contribution in [0.5, 0.6) is 0 Å². The van der Waals surface area contributed by atoms with Gasteiger partial charge >= 0.3 is 0 Å². The number of carbonyl (C=O) groups is 1. The maximum absolute atomic E-state index is 12.7. The third kappa shape index (κ3) is 4.18. The summed E-state index contributed by atoms with van der Waals surface area (Å²) >= 11 is 0. The van der Waals surface area contributed by atoms with E-state index >= 15 is 0 Å². The summed E-state index contributed by atoms with van der Waals surface area (Å²) in [7, 11) is 0. The Morgan fingerprint density at radius 3 is 2.90 bits per heavy atom. The van der Waals surface area contributed by atoms with Crippen molar-refractivity contribution in [1.29, 1.82) is 0 Å². The predicted molar refractivity (Wildman–Crippen MR) is 113 cm³/mol. The summed E-state index contributed by atoms with van der Waals surface area (Å²) in [6.07, 6.45) is 5.64. The van der Waals surface area contributed by atoms with Gasteiger partial charge in [0.2, 0.25) is 5.91 Å². The van der Waals surface area contributed by atoms with E-state index in [0.717, 1.165) is 23.5 Å². The summed E-state index contributed by atoms with van der Waals surface area (Å²) in [6, 6.07) is 5.34. The molecule has 1 aliphatic rings. The third-order valence-corrected chi connectivity index (χ3v) is 5.13. The monoisotopic (exact) mass is 407 g/mol. The molecule has 0 radical (unpaired) electrons. The van der Waals surface area contributed by atoms with Crippen LogP contribution in [-0.4, -0.2) is 32.3 Å². The van der Waals surface area contributed by atoms with Crippen molar-refractivity contribution in [3.05, 3.63) is 64.0 Å². The van der Waals surface area contributed by atoms with Gasteiger partial charge < -0.3 is 14.7 Å². The molecular formula is C22H25N5O3. The van der Waals surface area contributed by atoms with Crippen molar-refractivity contribution in [1.82, 2.24) is 19.9 Å². The van der Waals surface area contributed by atoms with Crippen molar-refractivity contribution in [2.45, 2.75) is 40.3 Å². The Hall–Kier alpha value is -3.26. The first-order chi connectivity index (χ1) is 14.3. The fraction of sp³-hybridized carbons (Fsp3) is 0.364. The number of furan rings is 1. The molecule has 0 spiro atoms. The molecule has 0 unspecified atom stereocenters. The van der Waals surface area contributed by atoms with Crippen molar-refractivity contribution in [2.24, 2.45) is 5.41 Å². The summed E-state index contributed by atoms with van der Waals surface area (Å²) in [5.41, 5.74) is 2.49. The van der Waals surface area contributed by atoms with Crippen molar-refractivity contribution in [2.75, 3.05) is 11.9 Å². The largest absolute Gasteiger partial charge is 0.461 e. The van der Waals surface area contributed by atoms with Crippen LogP contribution in [0.1, 0.15) is 37.6 Å². The second-order valence-corrected chi connectivity index (χ2v) is 8.51. The number of pyridine rings is 1. The van der Waals surface area contributed by atoms with Crippen LogP contribution < -0.4 is 10.9 Å². The Balaban J connectivity index is 1.53. The van der Waals surface area contributed by atoms with Gasteiger partial charge in [0.15, 0.2) is 11.6 Å². The standard InChI is InChI=1S/C22H25N5O3/c1-22(2,3)21(29)25-16-6-8-23-11-14(16)12-27-9-7-17-15(13-27)20(28)26-19(24-17)18-5-4-10-30-18/h4-6,8,10-11H,7,9,12-13H2,1-3H3,(H,23,25,29)(H,24,26,28). The maximum atomic E-state index is 12.7. The van der Waals surface area contributed by atoms with Gasteiger partial charge in [-0.25, -0.2) is 4.98 Å². The highest BCUT2D eigenvalue weighted by Gasteiger charge is 2.25. The summed E-state index contributed by atoms with van der Waals surface area (Å²) in [4.78, 5) is 38.9. The molecule has 3 aromatic rings. The number of aromatic nitrogens is 3. The van der Waals surface area contributed by atoms with Crippen LogP contribution in [0, 0.1) is 5.41 Å². The number of nitrogens with zero attached hydrogens (tertiary/aromatic N) is 3. The molecule has 8 nitrogen and oxygen atoms in total. The van der Waals surface area contributed by atoms with E-state index in [2.05, 4.69) is 25.2 Å². The quantitative estimate of drug-likeness (QED) is 0.689. The van der Waals surface area contributed by atoms with Gasteiger partial charge in [0, 0.05) is 55.1 Å². The van der Waals surface area contributed by atoms with E-state index in [4.69, 9.17) is 4.42 Å². The number of nitrogens with one attached hydrogen (secondary N) is 2. The summed E-state index contributed by atoms with van der Waals surface area (Å²) in [5.74, 6) is 0.952. The molecule has 0 atom stereocenters. The molecule has 4 rings (SSSR count). The molecule has 156 valence electrons. The molecule has 4 heterocycles.